The molecule has 0 bridgehead atoms. The second kappa shape index (κ2) is 61.8. The van der Waals surface area contributed by atoms with E-state index in [4.69, 9.17) is 58.2 Å². The molecule has 13 atom stereocenters. The van der Waals surface area contributed by atoms with Crippen LogP contribution in [-0.2, 0) is 75.5 Å². The summed E-state index contributed by atoms with van der Waals surface area (Å²) in [5.41, 5.74) is 1.37. The number of rotatable bonds is 38. The number of aliphatic hydroxyl groups excluding tert-OH is 2. The number of hydrogen-bond acceptors (Lipinski definition) is 33. The van der Waals surface area contributed by atoms with E-state index < -0.39 is 124 Å². The van der Waals surface area contributed by atoms with Crippen molar-refractivity contribution >= 4 is 85.9 Å². The van der Waals surface area contributed by atoms with Gasteiger partial charge in [-0.05, 0) is 102 Å². The number of aromatic nitrogens is 6. The minimum Gasteiger partial charge on any atom is -0.467 e. The third-order valence-corrected chi connectivity index (χ3v) is 25.4. The molecule has 3 aromatic heterocycles. The number of methoxy groups -OCH3 is 3. The number of nitrogens with zero attached hydrogens (tertiary/aromatic N) is 8. The summed E-state index contributed by atoms with van der Waals surface area (Å²) in [5, 5.41) is 43.3. The third kappa shape index (κ3) is 38.7. The molecule has 700 valence electrons. The van der Waals surface area contributed by atoms with Crippen LogP contribution in [0.1, 0.15) is 212 Å². The fraction of sp³-hybridized carbons (Fsp3) is 0.683. The van der Waals surface area contributed by atoms with E-state index in [-0.39, 0.29) is 109 Å². The minimum absolute atomic E-state index is 0. The first-order valence-electron chi connectivity index (χ1n) is 40.5. The van der Waals surface area contributed by atoms with Gasteiger partial charge in [-0.3, -0.25) is 71.8 Å². The Kier molecular flexibility index (Phi) is 57.1. The van der Waals surface area contributed by atoms with Gasteiger partial charge in [-0.15, -0.1) is 0 Å². The van der Waals surface area contributed by atoms with Crippen LogP contribution in [0.25, 0.3) is 0 Å². The largest absolute Gasteiger partial charge is 0.467 e. The number of thioether (sulfide) groups is 3. The Balaban J connectivity index is 0.000000835. The fourth-order valence-electron chi connectivity index (χ4n) is 12.5. The standard InChI is InChI=1S/C28H42N5O8PS.C19H25N3O7S.C15H32N3OP.C14H19N3O5.C5H8O3S.CH4/c1-8-22-24(41-42(39-15-10-13-29)33(18(2)3)19(4)5)25(38-7)27(40-22)32-17-21(26(36)31-28(32)37)11-9-14-30-23(35)12-16-43-20(6)34;1-4-13-15(25)16(28-3)18(29-13)22-10-12(17(26)21-19(22)27)6-5-8-20-14(24)7-9-30-11(2)23;1-12(2)17(13(3)4)20(19-11-9-10-16)18(14(5)6)15(7)8;1-3-9-10(18)11(21-2)13(22-9)17-7-8(5-4-6-15)12(19)16-14(17)20;1-5(7)9-3-2-8-4-6;/h17-19,22,24-25,27H,8,10,12,14-16H2,1-7H3,(H,30,35)(H,31,36,37);10,13,15-16,18,25H,4,7-9H2,1-3H3,(H,20,24)(H,21,26,27);12-15H,9,11H2,1-8H3;7,9-11,13,18H,3,6,15H2,1-2H3,(H,16,19,20);4H,2-3H2,1H3;1H4/t22-,24?,25+,27-,42?;13-,15?,16+,18-;;9-,10?,11+,13-;;/m11.1../s1. The normalized spacial score (nSPS) is 20.1. The fourth-order valence-corrected chi connectivity index (χ4v) is 18.3. The Morgan fingerprint density at radius 3 is 1.18 bits per heavy atom. The van der Waals surface area contributed by atoms with Gasteiger partial charge in [0.25, 0.3) is 31.7 Å². The first kappa shape index (κ1) is 115. The average Bonchev–Trinajstić information content (AvgIpc) is 1.64. The zero-order valence-electron chi connectivity index (χ0n) is 74.7. The molecule has 0 spiro atoms. The van der Waals surface area contributed by atoms with Gasteiger partial charge in [-0.2, -0.15) is 10.5 Å². The van der Waals surface area contributed by atoms with E-state index in [1.165, 1.54) is 69.8 Å². The summed E-state index contributed by atoms with van der Waals surface area (Å²) in [6, 6.07) is 6.10. The lowest BCUT2D eigenvalue weighted by Crippen LogP contribution is -2.43. The van der Waals surface area contributed by atoms with E-state index in [9.17, 15) is 67.7 Å². The average molecular weight is 1850 g/mol. The van der Waals surface area contributed by atoms with Crippen molar-refractivity contribution in [3.05, 3.63) is 97.8 Å². The molecule has 125 heavy (non-hydrogen) atoms. The van der Waals surface area contributed by atoms with Gasteiger partial charge in [0.15, 0.2) is 42.5 Å². The summed E-state index contributed by atoms with van der Waals surface area (Å²) in [7, 11) is 1.86. The number of ether oxygens (including phenoxy) is 7. The molecule has 9 N–H and O–H groups in total. The lowest BCUT2D eigenvalue weighted by molar-refractivity contribution is -0.128. The van der Waals surface area contributed by atoms with Crippen molar-refractivity contribution in [1.82, 2.24) is 53.3 Å². The number of H-pyrrole nitrogens is 3. The van der Waals surface area contributed by atoms with Gasteiger partial charge in [0.2, 0.25) is 11.8 Å². The van der Waals surface area contributed by atoms with Gasteiger partial charge >= 0.3 is 17.1 Å². The van der Waals surface area contributed by atoms with Gasteiger partial charge in [0.05, 0.1) is 76.1 Å². The van der Waals surface area contributed by atoms with E-state index in [2.05, 4.69) is 147 Å². The summed E-state index contributed by atoms with van der Waals surface area (Å²) in [4.78, 5) is 145. The van der Waals surface area contributed by atoms with Crippen LogP contribution in [0.15, 0.2) is 47.4 Å². The minimum atomic E-state index is -1.62. The molecule has 0 aliphatic carbocycles. The van der Waals surface area contributed by atoms with Crippen LogP contribution in [0, 0.1) is 58.2 Å². The zero-order valence-corrected chi connectivity index (χ0v) is 78.9. The van der Waals surface area contributed by atoms with Crippen molar-refractivity contribution in [2.45, 2.75) is 287 Å². The quantitative estimate of drug-likeness (QED) is 0.0141. The highest BCUT2D eigenvalue weighted by molar-refractivity contribution is 8.14. The highest BCUT2D eigenvalue weighted by Gasteiger charge is 2.50. The summed E-state index contributed by atoms with van der Waals surface area (Å²) < 4.78 is 67.7. The van der Waals surface area contributed by atoms with Crippen LogP contribution in [-0.4, -0.2) is 256 Å². The van der Waals surface area contributed by atoms with Crippen molar-refractivity contribution in [3.63, 3.8) is 0 Å². The third-order valence-electron chi connectivity index (χ3n) is 17.8. The first-order valence-corrected chi connectivity index (χ1v) is 45.8. The number of aliphatic hydroxyl groups is 2. The predicted octanol–water partition coefficient (Wildman–Crippen LogP) is 6.00. The first-order chi connectivity index (χ1) is 58.8. The van der Waals surface area contributed by atoms with Gasteiger partial charge in [0.1, 0.15) is 59.9 Å². The SMILES string of the molecule is C.CC(=O)SCCOC=O.CC(C)N(C(C)C)P(OCCC#N)N(C(C)C)C(C)C.CC[C@H]1O[C@@H](n2cc(C#CCN)c(=O)[nH]c2=O)[C@@H](OC)C1O.CC[C@H]1O[C@@H](n2cc(C#CCNC(=O)CCSC(C)=O)c(=O)[nH]c2=O)[C@@H](OC)C1O.CC[C@H]1O[C@@H](n2cc(C#CCNC(=O)CCSC(C)=O)c(=O)[nH]c2=O)[C@@H](OC)C1OP(OCCC#N)N(C(C)C)C(C)C. The Morgan fingerprint density at radius 2 is 0.864 bits per heavy atom. The van der Waals surface area contributed by atoms with Crippen molar-refractivity contribution in [1.29, 1.82) is 10.5 Å². The van der Waals surface area contributed by atoms with Gasteiger partial charge in [-0.1, -0.05) is 99.0 Å². The number of carbonyl (C=O) groups is 6. The Hall–Kier alpha value is -7.57. The molecule has 3 fully saturated rings. The van der Waals surface area contributed by atoms with Crippen LogP contribution in [0.4, 0.5) is 0 Å². The molecule has 6 heterocycles. The molecule has 4 unspecified atom stereocenters. The topological polar surface area (TPSA) is 507 Å². The number of nitrogens with one attached hydrogen (secondary N) is 5. The number of aromatic amines is 3. The van der Waals surface area contributed by atoms with E-state index in [1.807, 2.05) is 48.5 Å². The second-order valence-electron chi connectivity index (χ2n) is 29.0. The molecule has 0 radical (unpaired) electrons. The summed E-state index contributed by atoms with van der Waals surface area (Å²) >= 11 is 3.27. The molecule has 3 aliphatic heterocycles. The molecule has 0 aromatic carbocycles. The van der Waals surface area contributed by atoms with E-state index in [1.54, 1.807) is 0 Å². The number of amides is 2. The highest BCUT2D eigenvalue weighted by Crippen LogP contribution is 2.52. The Morgan fingerprint density at radius 1 is 0.528 bits per heavy atom. The highest BCUT2D eigenvalue weighted by atomic mass is 32.2. The maximum atomic E-state index is 12.9. The molecular formula is C82H130N14O24P2S3. The summed E-state index contributed by atoms with van der Waals surface area (Å²) in [5.74, 6) is 16.6. The summed E-state index contributed by atoms with van der Waals surface area (Å²) in [6.07, 6.45) is -2.30. The maximum absolute atomic E-state index is 12.9. The van der Waals surface area contributed by atoms with Gasteiger partial charge < -0.3 is 73.3 Å². The molecule has 2 amide bonds. The molecule has 3 saturated heterocycles. The van der Waals surface area contributed by atoms with Gasteiger partial charge in [-0.25, -0.2) is 28.4 Å². The lowest BCUT2D eigenvalue weighted by Gasteiger charge is -2.45. The molecule has 38 nitrogen and oxygen atoms in total. The van der Waals surface area contributed by atoms with Crippen molar-refractivity contribution in [3.8, 4) is 47.7 Å². The lowest BCUT2D eigenvalue weighted by atomic mass is 10.1. The van der Waals surface area contributed by atoms with Crippen LogP contribution < -0.4 is 50.1 Å². The van der Waals surface area contributed by atoms with Crippen LogP contribution in [0.3, 0.4) is 0 Å². The second-order valence-corrected chi connectivity index (χ2v) is 35.9. The summed E-state index contributed by atoms with van der Waals surface area (Å²) in [6.45, 7) is 37.3. The van der Waals surface area contributed by atoms with Gasteiger partial charge in [0, 0.05) is 127 Å². The van der Waals surface area contributed by atoms with E-state index >= 15 is 0 Å². The molecule has 0 saturated carbocycles. The molecule has 43 heteroatoms. The van der Waals surface area contributed by atoms with Crippen LogP contribution >= 0.6 is 52.3 Å². The monoisotopic (exact) mass is 1850 g/mol. The zero-order chi connectivity index (χ0) is 93.6. The van der Waals surface area contributed by atoms with Crippen molar-refractivity contribution in [2.75, 3.05) is 78.0 Å². The number of nitriles is 2. The maximum Gasteiger partial charge on any atom is 0.330 e. The number of hydrogen-bond donors (Lipinski definition) is 8. The van der Waals surface area contributed by atoms with Crippen molar-refractivity contribution in [2.24, 2.45) is 5.73 Å². The van der Waals surface area contributed by atoms with E-state index in [0.717, 1.165) is 39.9 Å². The molecule has 6 rings (SSSR count). The van der Waals surface area contributed by atoms with Crippen LogP contribution in [0.5, 0.6) is 0 Å². The van der Waals surface area contributed by atoms with E-state index in [0.29, 0.717) is 86.8 Å². The predicted molar refractivity (Wildman–Crippen MR) is 481 cm³/mol. The van der Waals surface area contributed by atoms with Crippen LogP contribution in [0.2, 0.25) is 0 Å². The number of carbonyl (C=O) groups excluding carboxylic acids is 6. The Bertz CT molecular complexity index is 4470. The number of nitrogens with two attached hydrogens (primary N) is 1. The smallest absolute Gasteiger partial charge is 0.330 e. The molecular weight excluding hydrogens is 1720 g/mol. The van der Waals surface area contributed by atoms with Crippen molar-refractivity contribution < 1.29 is 85.7 Å². The molecule has 3 aliphatic rings. The molecule has 3 aromatic rings. The Labute approximate surface area is 747 Å².